The second kappa shape index (κ2) is 23.2. The molecule has 0 amide bonds. The Labute approximate surface area is 170 Å². The summed E-state index contributed by atoms with van der Waals surface area (Å²) in [5, 5.41) is 0. The van der Waals surface area contributed by atoms with E-state index in [2.05, 4.69) is 13.8 Å². The molecule has 0 aliphatic carbocycles. The summed E-state index contributed by atoms with van der Waals surface area (Å²) in [5.41, 5.74) is 0. The van der Waals surface area contributed by atoms with Crippen molar-refractivity contribution in [2.45, 2.75) is 142 Å². The van der Waals surface area contributed by atoms with Crippen molar-refractivity contribution in [3.05, 3.63) is 12.3 Å². The van der Waals surface area contributed by atoms with Gasteiger partial charge in [-0.25, -0.2) is 0 Å². The molecule has 0 heterocycles. The molecule has 0 radical (unpaired) electrons. The fourth-order valence-corrected chi connectivity index (χ4v) is 3.40. The number of rotatable bonds is 21. The van der Waals surface area contributed by atoms with Gasteiger partial charge in [0.25, 0.3) is 0 Å². The van der Waals surface area contributed by atoms with Crippen LogP contribution in [0.15, 0.2) is 12.3 Å². The molecule has 0 bridgehead atoms. The minimum Gasteiger partial charge on any atom is -0.435 e. The van der Waals surface area contributed by atoms with Crippen LogP contribution < -0.4 is 0 Å². The van der Waals surface area contributed by atoms with Crippen LogP contribution in [0.4, 0.5) is 0 Å². The predicted molar refractivity (Wildman–Crippen MR) is 119 cm³/mol. The first-order valence-corrected chi connectivity index (χ1v) is 12.2. The van der Waals surface area contributed by atoms with E-state index in [9.17, 15) is 4.79 Å². The maximum absolute atomic E-state index is 11.7. The first-order valence-electron chi connectivity index (χ1n) is 12.2. The second-order valence-corrected chi connectivity index (χ2v) is 8.06. The van der Waals surface area contributed by atoms with Gasteiger partial charge in [0.1, 0.15) is 0 Å². The predicted octanol–water partition coefficient (Wildman–Crippen LogP) is 8.89. The molecule has 0 fully saturated rings. The van der Waals surface area contributed by atoms with Crippen molar-refractivity contribution in [3.63, 3.8) is 0 Å². The highest BCUT2D eigenvalue weighted by molar-refractivity contribution is 5.69. The molecule has 2 nitrogen and oxygen atoms in total. The van der Waals surface area contributed by atoms with Crippen molar-refractivity contribution >= 4 is 5.97 Å². The van der Waals surface area contributed by atoms with E-state index < -0.39 is 0 Å². The number of hydrogen-bond acceptors (Lipinski definition) is 2. The van der Waals surface area contributed by atoms with Crippen LogP contribution in [0.2, 0.25) is 0 Å². The Bertz CT molecular complexity index is 322. The van der Waals surface area contributed by atoms with Crippen LogP contribution in [0.25, 0.3) is 0 Å². The topological polar surface area (TPSA) is 26.3 Å². The number of carbonyl (C=O) groups excluding carboxylic acids is 1. The highest BCUT2D eigenvalue weighted by Gasteiger charge is 2.00. The Morgan fingerprint density at radius 1 is 0.593 bits per heavy atom. The Morgan fingerprint density at radius 3 is 1.48 bits per heavy atom. The molecular weight excluding hydrogens is 332 g/mol. The van der Waals surface area contributed by atoms with Crippen LogP contribution in [0.3, 0.4) is 0 Å². The van der Waals surface area contributed by atoms with Crippen molar-refractivity contribution in [3.8, 4) is 0 Å². The molecule has 2 heteroatoms. The summed E-state index contributed by atoms with van der Waals surface area (Å²) in [6, 6.07) is 0. The summed E-state index contributed by atoms with van der Waals surface area (Å²) in [5.74, 6) is -0.0683. The molecule has 0 aliphatic rings. The summed E-state index contributed by atoms with van der Waals surface area (Å²) in [7, 11) is 0. The molecule has 0 unspecified atom stereocenters. The number of unbranched alkanes of at least 4 members (excludes halogenated alkanes) is 17. The van der Waals surface area contributed by atoms with Crippen LogP contribution in [-0.2, 0) is 9.53 Å². The van der Waals surface area contributed by atoms with Gasteiger partial charge in [-0.2, -0.15) is 0 Å². The molecule has 0 N–H and O–H groups in total. The van der Waals surface area contributed by atoms with Crippen molar-refractivity contribution in [1.82, 2.24) is 0 Å². The molecule has 0 aromatic carbocycles. The quantitative estimate of drug-likeness (QED) is 0.113. The molecule has 0 saturated heterocycles. The van der Waals surface area contributed by atoms with Crippen LogP contribution >= 0.6 is 0 Å². The number of hydrogen-bond donors (Lipinski definition) is 0. The normalized spacial score (nSPS) is 11.3. The summed E-state index contributed by atoms with van der Waals surface area (Å²) in [4.78, 5) is 11.7. The molecule has 0 rings (SSSR count). The van der Waals surface area contributed by atoms with E-state index in [-0.39, 0.29) is 5.97 Å². The fourth-order valence-electron chi connectivity index (χ4n) is 3.40. The second-order valence-electron chi connectivity index (χ2n) is 8.06. The van der Waals surface area contributed by atoms with E-state index in [1.165, 1.54) is 103 Å². The van der Waals surface area contributed by atoms with Crippen molar-refractivity contribution in [2.75, 3.05) is 0 Å². The van der Waals surface area contributed by atoms with Gasteiger partial charge in [0, 0.05) is 6.42 Å². The molecule has 0 aliphatic heterocycles. The van der Waals surface area contributed by atoms with Crippen molar-refractivity contribution < 1.29 is 9.53 Å². The third kappa shape index (κ3) is 23.2. The number of ether oxygens (including phenoxy) is 1. The van der Waals surface area contributed by atoms with Gasteiger partial charge < -0.3 is 4.74 Å². The van der Waals surface area contributed by atoms with Gasteiger partial charge >= 0.3 is 5.97 Å². The van der Waals surface area contributed by atoms with E-state index in [1.807, 2.05) is 6.08 Å². The highest BCUT2D eigenvalue weighted by Crippen LogP contribution is 2.12. The van der Waals surface area contributed by atoms with Gasteiger partial charge in [0.15, 0.2) is 0 Å². The van der Waals surface area contributed by atoms with E-state index in [1.54, 1.807) is 6.26 Å². The zero-order valence-corrected chi connectivity index (χ0v) is 18.6. The van der Waals surface area contributed by atoms with Gasteiger partial charge in [0.05, 0.1) is 6.26 Å². The number of carbonyl (C=O) groups is 1. The monoisotopic (exact) mass is 380 g/mol. The van der Waals surface area contributed by atoms with Gasteiger partial charge in [-0.05, 0) is 25.3 Å². The van der Waals surface area contributed by atoms with Crippen molar-refractivity contribution in [1.29, 1.82) is 0 Å². The van der Waals surface area contributed by atoms with E-state index in [0.29, 0.717) is 6.42 Å². The number of esters is 1. The Morgan fingerprint density at radius 2 is 1.00 bits per heavy atom. The largest absolute Gasteiger partial charge is 0.435 e. The summed E-state index contributed by atoms with van der Waals surface area (Å²) in [6.07, 6.45) is 28.9. The smallest absolute Gasteiger partial charge is 0.310 e. The Kier molecular flexibility index (Phi) is 22.6. The molecule has 0 spiro atoms. The average Bonchev–Trinajstić information content (AvgIpc) is 2.67. The maximum Gasteiger partial charge on any atom is 0.310 e. The molecule has 0 saturated carbocycles. The van der Waals surface area contributed by atoms with Gasteiger partial charge in [-0.1, -0.05) is 117 Å². The molecule has 0 aromatic heterocycles. The van der Waals surface area contributed by atoms with Crippen LogP contribution in [0.1, 0.15) is 142 Å². The third-order valence-corrected chi connectivity index (χ3v) is 5.25. The summed E-state index contributed by atoms with van der Waals surface area (Å²) >= 11 is 0. The Balaban J connectivity index is 3.22. The SMILES string of the molecule is CCCCCCCCC=COC(=O)CCCCCCCCCCCCCC. The lowest BCUT2D eigenvalue weighted by Gasteiger charge is -2.03. The zero-order valence-electron chi connectivity index (χ0n) is 18.6. The van der Waals surface area contributed by atoms with Crippen molar-refractivity contribution in [2.24, 2.45) is 0 Å². The standard InChI is InChI=1S/C25H48O2/c1-3-5-7-9-11-13-14-15-16-17-19-21-23-25(26)27-24-22-20-18-12-10-8-6-4-2/h22,24H,3-21,23H2,1-2H3. The molecule has 27 heavy (non-hydrogen) atoms. The number of allylic oxidation sites excluding steroid dienone is 1. The lowest BCUT2D eigenvalue weighted by atomic mass is 10.0. The first-order chi connectivity index (χ1) is 13.3. The van der Waals surface area contributed by atoms with E-state index in [0.717, 1.165) is 19.3 Å². The summed E-state index contributed by atoms with van der Waals surface area (Å²) < 4.78 is 5.17. The summed E-state index contributed by atoms with van der Waals surface area (Å²) in [6.45, 7) is 4.52. The highest BCUT2D eigenvalue weighted by atomic mass is 16.5. The maximum atomic E-state index is 11.7. The molecule has 0 atom stereocenters. The van der Waals surface area contributed by atoms with E-state index in [4.69, 9.17) is 4.74 Å². The van der Waals surface area contributed by atoms with Crippen LogP contribution in [0, 0.1) is 0 Å². The fraction of sp³-hybridized carbons (Fsp3) is 0.880. The average molecular weight is 381 g/mol. The zero-order chi connectivity index (χ0) is 19.8. The first kappa shape index (κ1) is 26.2. The minimum absolute atomic E-state index is 0.0683. The minimum atomic E-state index is -0.0683. The van der Waals surface area contributed by atoms with Crippen LogP contribution in [0.5, 0.6) is 0 Å². The lowest BCUT2D eigenvalue weighted by Crippen LogP contribution is -1.98. The van der Waals surface area contributed by atoms with Gasteiger partial charge in [-0.3, -0.25) is 4.79 Å². The van der Waals surface area contributed by atoms with Gasteiger partial charge in [0.2, 0.25) is 0 Å². The lowest BCUT2D eigenvalue weighted by molar-refractivity contribution is -0.138. The van der Waals surface area contributed by atoms with E-state index >= 15 is 0 Å². The van der Waals surface area contributed by atoms with Crippen LogP contribution in [-0.4, -0.2) is 5.97 Å². The van der Waals surface area contributed by atoms with Gasteiger partial charge in [-0.15, -0.1) is 0 Å². The third-order valence-electron chi connectivity index (χ3n) is 5.25. The molecule has 0 aromatic rings. The Hall–Kier alpha value is -0.790. The molecular formula is C25H48O2. The molecule has 160 valence electrons.